The smallest absolute Gasteiger partial charge is 0.275 e. The molecule has 6 nitrogen and oxygen atoms in total. The van der Waals surface area contributed by atoms with E-state index >= 15 is 0 Å². The molecular weight excluding hydrogens is 402 g/mol. The summed E-state index contributed by atoms with van der Waals surface area (Å²) in [4.78, 5) is 16.4. The van der Waals surface area contributed by atoms with E-state index in [4.69, 9.17) is 0 Å². The Labute approximate surface area is 166 Å². The third kappa shape index (κ3) is 5.15. The van der Waals surface area contributed by atoms with Gasteiger partial charge in [-0.1, -0.05) is 31.5 Å². The molecular formula is C18H19N3O3S3. The molecule has 2 N–H and O–H groups in total. The Bertz CT molecular complexity index is 994. The molecule has 3 rings (SSSR count). The zero-order chi connectivity index (χ0) is 19.3. The molecule has 0 aliphatic carbocycles. The number of thiazole rings is 1. The molecule has 0 saturated heterocycles. The largest absolute Gasteiger partial charge is 0.321 e. The first-order chi connectivity index (χ1) is 13.0. The molecule has 0 fully saturated rings. The molecule has 0 atom stereocenters. The van der Waals surface area contributed by atoms with E-state index in [0.717, 1.165) is 41.9 Å². The van der Waals surface area contributed by atoms with E-state index in [1.807, 2.05) is 24.3 Å². The van der Waals surface area contributed by atoms with Crippen molar-refractivity contribution in [1.82, 2.24) is 4.98 Å². The Hall–Kier alpha value is -2.23. The maximum Gasteiger partial charge on any atom is 0.275 e. The standard InChI is InChI=1S/C18H19N3O3S3/c1-2-3-5-13-7-9-14(10-8-13)19-17(22)15-12-26-18(20-15)21-27(23,24)16-6-4-11-25-16/h4,6-12H,2-3,5H2,1H3,(H,19,22)(H,20,21). The van der Waals surface area contributed by atoms with Crippen molar-refractivity contribution in [3.05, 3.63) is 58.4 Å². The van der Waals surface area contributed by atoms with Crippen molar-refractivity contribution in [2.45, 2.75) is 30.4 Å². The van der Waals surface area contributed by atoms with Gasteiger partial charge < -0.3 is 5.32 Å². The number of carbonyl (C=O) groups is 1. The summed E-state index contributed by atoms with van der Waals surface area (Å²) in [5.74, 6) is -0.380. The summed E-state index contributed by atoms with van der Waals surface area (Å²) in [7, 11) is -3.67. The number of thiophene rings is 1. The summed E-state index contributed by atoms with van der Waals surface area (Å²) < 4.78 is 27.0. The third-order valence-electron chi connectivity index (χ3n) is 3.75. The van der Waals surface area contributed by atoms with Crippen LogP contribution in [0.3, 0.4) is 0 Å². The number of aryl methyl sites for hydroxylation is 1. The molecule has 1 aromatic carbocycles. The molecule has 0 aliphatic heterocycles. The summed E-state index contributed by atoms with van der Waals surface area (Å²) in [6, 6.07) is 10.9. The molecule has 3 aromatic rings. The van der Waals surface area contributed by atoms with Gasteiger partial charge in [-0.25, -0.2) is 13.4 Å². The van der Waals surface area contributed by atoms with Crippen LogP contribution in [-0.2, 0) is 16.4 Å². The van der Waals surface area contributed by atoms with E-state index in [9.17, 15) is 13.2 Å². The number of unbranched alkanes of at least 4 members (excludes halogenated alkanes) is 1. The second-order valence-corrected chi connectivity index (χ2v) is 9.55. The minimum atomic E-state index is -3.67. The van der Waals surface area contributed by atoms with Gasteiger partial charge in [-0.2, -0.15) is 0 Å². The van der Waals surface area contributed by atoms with E-state index in [1.165, 1.54) is 17.0 Å². The van der Waals surface area contributed by atoms with Crippen LogP contribution in [0.15, 0.2) is 51.4 Å². The number of nitrogens with one attached hydrogen (secondary N) is 2. The Morgan fingerprint density at radius 2 is 1.93 bits per heavy atom. The minimum Gasteiger partial charge on any atom is -0.321 e. The van der Waals surface area contributed by atoms with Gasteiger partial charge in [-0.05, 0) is 42.0 Å². The number of rotatable bonds is 8. The van der Waals surface area contributed by atoms with Crippen molar-refractivity contribution in [2.24, 2.45) is 0 Å². The van der Waals surface area contributed by atoms with Crippen LogP contribution in [0.1, 0.15) is 35.8 Å². The fourth-order valence-electron chi connectivity index (χ4n) is 2.34. The predicted molar refractivity (Wildman–Crippen MR) is 110 cm³/mol. The number of aromatic nitrogens is 1. The van der Waals surface area contributed by atoms with Crippen molar-refractivity contribution in [2.75, 3.05) is 10.0 Å². The van der Waals surface area contributed by atoms with Crippen molar-refractivity contribution in [3.8, 4) is 0 Å². The summed E-state index contributed by atoms with van der Waals surface area (Å²) in [6.45, 7) is 2.15. The number of sulfonamides is 1. The zero-order valence-electron chi connectivity index (χ0n) is 14.6. The van der Waals surface area contributed by atoms with Gasteiger partial charge in [-0.3, -0.25) is 9.52 Å². The van der Waals surface area contributed by atoms with Gasteiger partial charge in [-0.15, -0.1) is 22.7 Å². The fourth-order valence-corrected chi connectivity index (χ4v) is 5.27. The van der Waals surface area contributed by atoms with E-state index in [-0.39, 0.29) is 20.9 Å². The Morgan fingerprint density at radius 3 is 2.59 bits per heavy atom. The minimum absolute atomic E-state index is 0.156. The quantitative estimate of drug-likeness (QED) is 0.556. The second-order valence-electron chi connectivity index (χ2n) is 5.83. The number of carbonyl (C=O) groups excluding carboxylic acids is 1. The first-order valence-corrected chi connectivity index (χ1v) is 11.6. The van der Waals surface area contributed by atoms with Gasteiger partial charge in [0.15, 0.2) is 5.13 Å². The van der Waals surface area contributed by atoms with Crippen molar-refractivity contribution in [3.63, 3.8) is 0 Å². The van der Waals surface area contributed by atoms with Gasteiger partial charge >= 0.3 is 0 Å². The molecule has 9 heteroatoms. The molecule has 2 aromatic heterocycles. The molecule has 0 bridgehead atoms. The molecule has 142 valence electrons. The first kappa shape index (κ1) is 19.5. The van der Waals surface area contributed by atoms with Crippen LogP contribution in [0.4, 0.5) is 10.8 Å². The Balaban J connectivity index is 1.63. The lowest BCUT2D eigenvalue weighted by Crippen LogP contribution is -2.14. The van der Waals surface area contributed by atoms with E-state index in [2.05, 4.69) is 21.9 Å². The Kier molecular flexibility index (Phi) is 6.25. The maximum absolute atomic E-state index is 12.3. The van der Waals surface area contributed by atoms with Crippen LogP contribution in [-0.4, -0.2) is 19.3 Å². The number of benzene rings is 1. The van der Waals surface area contributed by atoms with Crippen molar-refractivity contribution < 1.29 is 13.2 Å². The molecule has 1 amide bonds. The van der Waals surface area contributed by atoms with Gasteiger partial charge in [0.2, 0.25) is 0 Å². The lowest BCUT2D eigenvalue weighted by molar-refractivity contribution is 0.102. The normalized spacial score (nSPS) is 11.3. The fraction of sp³-hybridized carbons (Fsp3) is 0.222. The van der Waals surface area contributed by atoms with Crippen molar-refractivity contribution in [1.29, 1.82) is 0 Å². The highest BCUT2D eigenvalue weighted by atomic mass is 32.2. The number of amides is 1. The van der Waals surface area contributed by atoms with Crippen LogP contribution in [0.25, 0.3) is 0 Å². The van der Waals surface area contributed by atoms with Crippen LogP contribution in [0.5, 0.6) is 0 Å². The van der Waals surface area contributed by atoms with Gasteiger partial charge in [0.25, 0.3) is 15.9 Å². The molecule has 0 unspecified atom stereocenters. The van der Waals surface area contributed by atoms with Gasteiger partial charge in [0, 0.05) is 11.1 Å². The molecule has 2 heterocycles. The molecule has 0 aliphatic rings. The maximum atomic E-state index is 12.3. The van der Waals surface area contributed by atoms with E-state index in [0.29, 0.717) is 5.69 Å². The molecule has 0 saturated carbocycles. The number of hydrogen-bond acceptors (Lipinski definition) is 6. The number of anilines is 2. The summed E-state index contributed by atoms with van der Waals surface area (Å²) in [6.07, 6.45) is 3.29. The highest BCUT2D eigenvalue weighted by Gasteiger charge is 2.18. The van der Waals surface area contributed by atoms with E-state index in [1.54, 1.807) is 11.4 Å². The van der Waals surface area contributed by atoms with Crippen molar-refractivity contribution >= 4 is 49.4 Å². The average molecular weight is 422 g/mol. The summed E-state index contributed by atoms with van der Waals surface area (Å²) >= 11 is 2.18. The van der Waals surface area contributed by atoms with Crippen LogP contribution >= 0.6 is 22.7 Å². The topological polar surface area (TPSA) is 88.2 Å². The van der Waals surface area contributed by atoms with Gasteiger partial charge in [0.1, 0.15) is 9.90 Å². The van der Waals surface area contributed by atoms with Crippen LogP contribution in [0, 0.1) is 0 Å². The first-order valence-electron chi connectivity index (χ1n) is 8.40. The Morgan fingerprint density at radius 1 is 1.15 bits per heavy atom. The highest BCUT2D eigenvalue weighted by Crippen LogP contribution is 2.23. The lowest BCUT2D eigenvalue weighted by Gasteiger charge is -2.05. The molecule has 0 radical (unpaired) electrons. The second kappa shape index (κ2) is 8.64. The van der Waals surface area contributed by atoms with E-state index < -0.39 is 10.0 Å². The lowest BCUT2D eigenvalue weighted by atomic mass is 10.1. The number of nitrogens with zero attached hydrogens (tertiary/aromatic N) is 1. The predicted octanol–water partition coefficient (Wildman–Crippen LogP) is 4.60. The number of hydrogen-bond donors (Lipinski definition) is 2. The summed E-state index contributed by atoms with van der Waals surface area (Å²) in [5.41, 5.74) is 2.07. The van der Waals surface area contributed by atoms with Crippen LogP contribution in [0.2, 0.25) is 0 Å². The molecule has 0 spiro atoms. The monoisotopic (exact) mass is 421 g/mol. The summed E-state index contributed by atoms with van der Waals surface area (Å²) in [5, 5.41) is 6.14. The van der Waals surface area contributed by atoms with Crippen LogP contribution < -0.4 is 10.0 Å². The average Bonchev–Trinajstić information content (AvgIpc) is 3.33. The zero-order valence-corrected chi connectivity index (χ0v) is 17.1. The van der Waals surface area contributed by atoms with Gasteiger partial charge in [0.05, 0.1) is 0 Å². The third-order valence-corrected chi connectivity index (χ3v) is 7.37. The highest BCUT2D eigenvalue weighted by molar-refractivity contribution is 7.94. The SMILES string of the molecule is CCCCc1ccc(NC(=O)c2csc(NS(=O)(=O)c3cccs3)n2)cc1. The molecule has 27 heavy (non-hydrogen) atoms.